The first-order valence-electron chi connectivity index (χ1n) is 7.17. The molecule has 1 aromatic rings. The van der Waals surface area contributed by atoms with E-state index in [0.29, 0.717) is 12.1 Å². The van der Waals surface area contributed by atoms with Crippen molar-refractivity contribution in [2.24, 2.45) is 0 Å². The zero-order valence-electron chi connectivity index (χ0n) is 12.1. The van der Waals surface area contributed by atoms with Crippen molar-refractivity contribution in [3.05, 3.63) is 39.4 Å². The number of nitrogens with zero attached hydrogens (tertiary/aromatic N) is 1. The Balaban J connectivity index is 2.21. The molecule has 1 aliphatic carbocycles. The second-order valence-electron chi connectivity index (χ2n) is 5.85. The normalized spacial score (nSPS) is 17.4. The smallest absolute Gasteiger partial charge is 0.343 e. The summed E-state index contributed by atoms with van der Waals surface area (Å²) in [7, 11) is 0. The van der Waals surface area contributed by atoms with Crippen molar-refractivity contribution in [1.82, 2.24) is 5.32 Å². The number of nitrogens with one attached hydrogen (secondary N) is 1. The van der Waals surface area contributed by atoms with Crippen LogP contribution in [-0.4, -0.2) is 21.5 Å². The SMILES string of the molecule is CC1(NCc2cccc([N+](=O)[O-])c2C(=O)O)CCCCC1. The first-order chi connectivity index (χ1) is 9.93. The highest BCUT2D eigenvalue weighted by Crippen LogP contribution is 2.29. The summed E-state index contributed by atoms with van der Waals surface area (Å²) in [5.74, 6) is -1.26. The molecule has 21 heavy (non-hydrogen) atoms. The number of carbonyl (C=O) groups is 1. The van der Waals surface area contributed by atoms with Crippen LogP contribution >= 0.6 is 0 Å². The van der Waals surface area contributed by atoms with E-state index in [0.717, 1.165) is 25.7 Å². The molecule has 6 heteroatoms. The molecule has 0 atom stereocenters. The van der Waals surface area contributed by atoms with Crippen molar-refractivity contribution < 1.29 is 14.8 Å². The van der Waals surface area contributed by atoms with E-state index in [1.54, 1.807) is 6.07 Å². The Bertz CT molecular complexity index is 551. The summed E-state index contributed by atoms with van der Waals surface area (Å²) in [6.45, 7) is 2.46. The Kier molecular flexibility index (Phi) is 4.57. The second-order valence-corrected chi connectivity index (χ2v) is 5.85. The van der Waals surface area contributed by atoms with E-state index in [1.807, 2.05) is 0 Å². The standard InChI is InChI=1S/C15H20N2O4/c1-15(8-3-2-4-9-15)16-10-11-6-5-7-12(17(20)21)13(11)14(18)19/h5-7,16H,2-4,8-10H2,1H3,(H,18,19). The zero-order valence-corrected chi connectivity index (χ0v) is 12.1. The fraction of sp³-hybridized carbons (Fsp3) is 0.533. The summed E-state index contributed by atoms with van der Waals surface area (Å²) in [4.78, 5) is 21.7. The molecule has 2 N–H and O–H groups in total. The monoisotopic (exact) mass is 292 g/mol. The zero-order chi connectivity index (χ0) is 15.5. The van der Waals surface area contributed by atoms with Crippen LogP contribution in [0.1, 0.15) is 54.9 Å². The van der Waals surface area contributed by atoms with E-state index < -0.39 is 10.9 Å². The van der Waals surface area contributed by atoms with E-state index in [9.17, 15) is 20.0 Å². The first-order valence-corrected chi connectivity index (χ1v) is 7.17. The lowest BCUT2D eigenvalue weighted by molar-refractivity contribution is -0.385. The summed E-state index contributed by atoms with van der Waals surface area (Å²) in [5, 5.41) is 23.6. The third-order valence-electron chi connectivity index (χ3n) is 4.20. The lowest BCUT2D eigenvalue weighted by atomic mass is 9.83. The van der Waals surface area contributed by atoms with Crippen molar-refractivity contribution in [2.45, 2.75) is 51.1 Å². The van der Waals surface area contributed by atoms with Crippen molar-refractivity contribution >= 4 is 11.7 Å². The van der Waals surface area contributed by atoms with E-state index >= 15 is 0 Å². The fourth-order valence-electron chi connectivity index (χ4n) is 2.95. The number of hydrogen-bond donors (Lipinski definition) is 2. The van der Waals surface area contributed by atoms with Gasteiger partial charge in [0.05, 0.1) is 4.92 Å². The molecule has 0 spiro atoms. The van der Waals surface area contributed by atoms with Gasteiger partial charge in [0.2, 0.25) is 0 Å². The third kappa shape index (κ3) is 3.58. The van der Waals surface area contributed by atoms with Crippen LogP contribution in [0, 0.1) is 10.1 Å². The minimum absolute atomic E-state index is 0.0152. The van der Waals surface area contributed by atoms with Crippen LogP contribution in [0.4, 0.5) is 5.69 Å². The Morgan fingerprint density at radius 3 is 2.62 bits per heavy atom. The van der Waals surface area contributed by atoms with E-state index in [1.165, 1.54) is 18.6 Å². The average molecular weight is 292 g/mol. The number of carboxylic acids is 1. The molecule has 1 fully saturated rings. The van der Waals surface area contributed by atoms with E-state index in [-0.39, 0.29) is 16.8 Å². The summed E-state index contributed by atoms with van der Waals surface area (Å²) in [6.07, 6.45) is 5.64. The van der Waals surface area contributed by atoms with Gasteiger partial charge in [-0.3, -0.25) is 10.1 Å². The third-order valence-corrected chi connectivity index (χ3v) is 4.20. The fourth-order valence-corrected chi connectivity index (χ4v) is 2.95. The molecule has 0 unspecified atom stereocenters. The maximum atomic E-state index is 11.3. The van der Waals surface area contributed by atoms with Crippen LogP contribution in [0.15, 0.2) is 18.2 Å². The number of nitro benzene ring substituents is 1. The minimum atomic E-state index is -1.26. The quantitative estimate of drug-likeness (QED) is 0.642. The van der Waals surface area contributed by atoms with Gasteiger partial charge < -0.3 is 10.4 Å². The molecule has 0 aromatic heterocycles. The van der Waals surface area contributed by atoms with Crippen LogP contribution in [-0.2, 0) is 6.54 Å². The summed E-state index contributed by atoms with van der Waals surface area (Å²) in [6, 6.07) is 4.40. The molecule has 0 saturated heterocycles. The lowest BCUT2D eigenvalue weighted by Gasteiger charge is -2.35. The number of rotatable bonds is 5. The van der Waals surface area contributed by atoms with Gasteiger partial charge in [-0.1, -0.05) is 31.4 Å². The molecule has 0 heterocycles. The van der Waals surface area contributed by atoms with Gasteiger partial charge in [0.25, 0.3) is 5.69 Å². The number of aromatic carboxylic acids is 1. The van der Waals surface area contributed by atoms with Gasteiger partial charge >= 0.3 is 5.97 Å². The second kappa shape index (κ2) is 6.22. The minimum Gasteiger partial charge on any atom is -0.477 e. The van der Waals surface area contributed by atoms with Gasteiger partial charge in [-0.2, -0.15) is 0 Å². The van der Waals surface area contributed by atoms with Crippen LogP contribution in [0.2, 0.25) is 0 Å². The van der Waals surface area contributed by atoms with Gasteiger partial charge in [0.15, 0.2) is 0 Å². The van der Waals surface area contributed by atoms with Crippen LogP contribution in [0.3, 0.4) is 0 Å². The molecule has 1 aliphatic rings. The largest absolute Gasteiger partial charge is 0.477 e. The number of carboxylic acid groups (broad SMARTS) is 1. The Morgan fingerprint density at radius 1 is 1.38 bits per heavy atom. The molecule has 1 saturated carbocycles. The van der Waals surface area contributed by atoms with Gasteiger partial charge in [-0.05, 0) is 25.3 Å². The Labute approximate surface area is 123 Å². The maximum Gasteiger partial charge on any atom is 0.343 e. The molecular weight excluding hydrogens is 272 g/mol. The van der Waals surface area contributed by atoms with Gasteiger partial charge in [0, 0.05) is 18.2 Å². The van der Waals surface area contributed by atoms with Gasteiger partial charge in [0.1, 0.15) is 5.56 Å². The predicted octanol–water partition coefficient (Wildman–Crippen LogP) is 3.11. The van der Waals surface area contributed by atoms with Crippen LogP contribution in [0.5, 0.6) is 0 Å². The number of benzene rings is 1. The van der Waals surface area contributed by atoms with Crippen molar-refractivity contribution in [2.75, 3.05) is 0 Å². The molecule has 1 aromatic carbocycles. The molecule has 0 aliphatic heterocycles. The highest BCUT2D eigenvalue weighted by atomic mass is 16.6. The summed E-state index contributed by atoms with van der Waals surface area (Å²) >= 11 is 0. The Hall–Kier alpha value is -1.95. The lowest BCUT2D eigenvalue weighted by Crippen LogP contribution is -2.43. The first kappa shape index (κ1) is 15.4. The van der Waals surface area contributed by atoms with Crippen LogP contribution < -0.4 is 5.32 Å². The Morgan fingerprint density at radius 2 is 2.05 bits per heavy atom. The predicted molar refractivity (Wildman–Crippen MR) is 78.4 cm³/mol. The highest BCUT2D eigenvalue weighted by Gasteiger charge is 2.28. The average Bonchev–Trinajstić information content (AvgIpc) is 2.45. The summed E-state index contributed by atoms with van der Waals surface area (Å²) in [5.41, 5.74) is -0.118. The number of nitro groups is 1. The number of hydrogen-bond acceptors (Lipinski definition) is 4. The van der Waals surface area contributed by atoms with Crippen LogP contribution in [0.25, 0.3) is 0 Å². The van der Waals surface area contributed by atoms with E-state index in [2.05, 4.69) is 12.2 Å². The van der Waals surface area contributed by atoms with E-state index in [4.69, 9.17) is 0 Å². The maximum absolute atomic E-state index is 11.3. The molecule has 114 valence electrons. The van der Waals surface area contributed by atoms with Crippen molar-refractivity contribution in [3.63, 3.8) is 0 Å². The van der Waals surface area contributed by atoms with Crippen molar-refractivity contribution in [3.8, 4) is 0 Å². The molecule has 2 rings (SSSR count). The molecule has 0 bridgehead atoms. The molecular formula is C15H20N2O4. The molecule has 6 nitrogen and oxygen atoms in total. The van der Waals surface area contributed by atoms with Crippen molar-refractivity contribution in [1.29, 1.82) is 0 Å². The topological polar surface area (TPSA) is 92.5 Å². The highest BCUT2D eigenvalue weighted by molar-refractivity contribution is 5.94. The molecule has 0 radical (unpaired) electrons. The molecule has 0 amide bonds. The summed E-state index contributed by atoms with van der Waals surface area (Å²) < 4.78 is 0. The van der Waals surface area contributed by atoms with Gasteiger partial charge in [-0.15, -0.1) is 0 Å². The van der Waals surface area contributed by atoms with Gasteiger partial charge in [-0.25, -0.2) is 4.79 Å².